The Hall–Kier alpha value is -2.53. The molecule has 0 aromatic carbocycles. The summed E-state index contributed by atoms with van der Waals surface area (Å²) in [5, 5.41) is 3.15. The largest absolute Gasteiger partial charge is 0.401 e. The second-order valence-corrected chi connectivity index (χ2v) is 14.2. The highest BCUT2D eigenvalue weighted by molar-refractivity contribution is 7.89. The number of nitrogens with one attached hydrogen (secondary N) is 1. The molecule has 8 nitrogen and oxygen atoms in total. The summed E-state index contributed by atoms with van der Waals surface area (Å²) in [6, 6.07) is 5.46. The van der Waals surface area contributed by atoms with E-state index in [1.165, 1.54) is 0 Å². The first kappa shape index (κ1) is 31.0. The van der Waals surface area contributed by atoms with Gasteiger partial charge in [-0.25, -0.2) is 8.42 Å². The van der Waals surface area contributed by atoms with Crippen LogP contribution in [0.15, 0.2) is 52.8 Å². The molecule has 10 heteroatoms. The summed E-state index contributed by atoms with van der Waals surface area (Å²) in [7, 11) is -3.67. The highest BCUT2D eigenvalue weighted by Crippen LogP contribution is 2.46. The molecule has 0 saturated carbocycles. The topological polar surface area (TPSA) is 140 Å². The van der Waals surface area contributed by atoms with Gasteiger partial charge in [-0.2, -0.15) is 4.31 Å². The van der Waals surface area contributed by atoms with Crippen LogP contribution in [0.4, 0.5) is 0 Å². The Morgan fingerprint density at radius 2 is 2.13 bits per heavy atom. The maximum absolute atomic E-state index is 13.6. The summed E-state index contributed by atoms with van der Waals surface area (Å²) in [5.74, 6) is 0.232. The van der Waals surface area contributed by atoms with Crippen LogP contribution < -0.4 is 17.2 Å². The molecule has 2 aliphatic rings. The number of carbonyl (C=O) groups is 1. The van der Waals surface area contributed by atoms with Crippen molar-refractivity contribution in [3.63, 3.8) is 0 Å². The lowest BCUT2D eigenvalue weighted by Gasteiger charge is -2.32. The number of pyridine rings is 1. The molecule has 1 aliphatic heterocycles. The summed E-state index contributed by atoms with van der Waals surface area (Å²) in [4.78, 5) is 20.1. The van der Waals surface area contributed by atoms with E-state index in [2.05, 4.69) is 23.3 Å². The molecular formula is C29H44N5O3S2. The number of nitrogens with two attached hydrogens (primary N) is 1. The first-order valence-corrected chi connectivity index (χ1v) is 15.5. The molecule has 6 N–H and O–H groups in total. The van der Waals surface area contributed by atoms with Gasteiger partial charge in [-0.1, -0.05) is 26.8 Å². The summed E-state index contributed by atoms with van der Waals surface area (Å²) in [6.45, 7) is 11.7. The van der Waals surface area contributed by atoms with Crippen LogP contribution in [0.25, 0.3) is 0 Å². The molecule has 3 heterocycles. The average Bonchev–Trinajstić information content (AvgIpc) is 3.66. The number of thiophene rings is 1. The fraction of sp³-hybridized carbons (Fsp3) is 0.483. The molecule has 1 aliphatic carbocycles. The van der Waals surface area contributed by atoms with Crippen molar-refractivity contribution in [1.82, 2.24) is 20.8 Å². The highest BCUT2D eigenvalue weighted by atomic mass is 32.2. The smallest absolute Gasteiger partial charge is 0.245 e. The van der Waals surface area contributed by atoms with Crippen LogP contribution in [-0.2, 0) is 27.8 Å². The summed E-state index contributed by atoms with van der Waals surface area (Å²) in [5.41, 5.74) is 8.78. The van der Waals surface area contributed by atoms with E-state index in [0.717, 1.165) is 39.6 Å². The molecule has 0 amide bonds. The minimum absolute atomic E-state index is 0. The Morgan fingerprint density at radius 3 is 2.79 bits per heavy atom. The number of hydrogen-bond donors (Lipinski definition) is 3. The van der Waals surface area contributed by atoms with E-state index >= 15 is 0 Å². The van der Waals surface area contributed by atoms with Gasteiger partial charge in [0.15, 0.2) is 5.78 Å². The van der Waals surface area contributed by atoms with Crippen molar-refractivity contribution in [3.05, 3.63) is 75.4 Å². The third-order valence-corrected chi connectivity index (χ3v) is 10.6. The number of allylic oxidation sites excluding steroid dienone is 3. The Kier molecular flexibility index (Phi) is 9.80. The van der Waals surface area contributed by atoms with Gasteiger partial charge in [0.2, 0.25) is 10.0 Å². The number of nitrogens with zero attached hydrogens (tertiary/aromatic N) is 2. The average molecular weight is 575 g/mol. The predicted molar refractivity (Wildman–Crippen MR) is 160 cm³/mol. The van der Waals surface area contributed by atoms with Crippen molar-refractivity contribution >= 4 is 27.1 Å². The lowest BCUT2D eigenvalue weighted by molar-refractivity contribution is -0.123. The van der Waals surface area contributed by atoms with Crippen LogP contribution in [0.1, 0.15) is 68.9 Å². The molecule has 0 unspecified atom stereocenters. The van der Waals surface area contributed by atoms with Gasteiger partial charge < -0.3 is 17.2 Å². The van der Waals surface area contributed by atoms with Gasteiger partial charge in [-0.3, -0.25) is 9.78 Å². The molecule has 2 aromatic heterocycles. The SMILES string of the molecule is CCN/C=C(\N)CC[C@H](c1cc(CN2C[C@@H](C)Cc3ncccc3S2(=O)=O)c(C)s1)C(C)(C)C(=O)C1=C[CH]1.N.[HH]. The Balaban J connectivity index is 0.00000280. The number of aryl methyl sites for hydroxylation is 1. The first-order chi connectivity index (χ1) is 17.9. The van der Waals surface area contributed by atoms with Crippen LogP contribution in [0.2, 0.25) is 0 Å². The lowest BCUT2D eigenvalue weighted by Crippen LogP contribution is -2.33. The summed E-state index contributed by atoms with van der Waals surface area (Å²) in [6.07, 6.45) is 9.24. The molecule has 39 heavy (non-hydrogen) atoms. The number of aromatic nitrogens is 1. The normalized spacial score (nSPS) is 19.8. The zero-order valence-corrected chi connectivity index (χ0v) is 25.3. The Morgan fingerprint density at radius 1 is 1.41 bits per heavy atom. The summed E-state index contributed by atoms with van der Waals surface area (Å²) >= 11 is 1.66. The van der Waals surface area contributed by atoms with E-state index in [0.29, 0.717) is 36.5 Å². The van der Waals surface area contributed by atoms with Crippen molar-refractivity contribution in [2.24, 2.45) is 17.1 Å². The van der Waals surface area contributed by atoms with Gasteiger partial charge in [0.1, 0.15) is 4.90 Å². The number of hydrogen-bond acceptors (Lipinski definition) is 8. The zero-order valence-electron chi connectivity index (χ0n) is 23.7. The van der Waals surface area contributed by atoms with Crippen molar-refractivity contribution in [2.75, 3.05) is 13.1 Å². The number of fused-ring (bicyclic) bond motifs is 1. The molecule has 0 saturated heterocycles. The van der Waals surface area contributed by atoms with Crippen LogP contribution in [0.3, 0.4) is 0 Å². The van der Waals surface area contributed by atoms with E-state index in [1.54, 1.807) is 34.0 Å². The molecule has 0 spiro atoms. The molecule has 2 aromatic rings. The van der Waals surface area contributed by atoms with Crippen molar-refractivity contribution in [1.29, 1.82) is 0 Å². The second-order valence-electron chi connectivity index (χ2n) is 11.0. The maximum atomic E-state index is 13.6. The Bertz CT molecular complexity index is 1370. The first-order valence-electron chi connectivity index (χ1n) is 13.3. The lowest BCUT2D eigenvalue weighted by atomic mass is 9.71. The van der Waals surface area contributed by atoms with E-state index in [4.69, 9.17) is 5.73 Å². The molecule has 0 fully saturated rings. The third-order valence-electron chi connectivity index (χ3n) is 7.52. The fourth-order valence-electron chi connectivity index (χ4n) is 5.20. The van der Waals surface area contributed by atoms with E-state index in [-0.39, 0.29) is 25.2 Å². The van der Waals surface area contributed by atoms with Crippen molar-refractivity contribution < 1.29 is 14.6 Å². The number of rotatable bonds is 11. The van der Waals surface area contributed by atoms with Gasteiger partial charge in [0.05, 0.1) is 5.69 Å². The number of Topliss-reactive ketones (excluding diaryl/α,β-unsaturated/α-hetero) is 1. The minimum atomic E-state index is -3.67. The quantitative estimate of drug-likeness (QED) is 0.333. The minimum Gasteiger partial charge on any atom is -0.401 e. The van der Waals surface area contributed by atoms with E-state index in [1.807, 2.05) is 46.4 Å². The monoisotopic (exact) mass is 574 g/mol. The van der Waals surface area contributed by atoms with Crippen molar-refractivity contribution in [2.45, 2.75) is 71.2 Å². The number of sulfonamides is 1. The van der Waals surface area contributed by atoms with Gasteiger partial charge in [0, 0.05) is 72.2 Å². The molecule has 2 atom stereocenters. The molecular weight excluding hydrogens is 530 g/mol. The molecule has 215 valence electrons. The van der Waals surface area contributed by atoms with Crippen LogP contribution in [-0.4, -0.2) is 36.6 Å². The van der Waals surface area contributed by atoms with Crippen LogP contribution in [0.5, 0.6) is 0 Å². The fourth-order valence-corrected chi connectivity index (χ4v) is 8.29. The van der Waals surface area contributed by atoms with Gasteiger partial charge in [0.25, 0.3) is 0 Å². The van der Waals surface area contributed by atoms with Crippen molar-refractivity contribution in [3.8, 4) is 0 Å². The number of ketones is 1. The van der Waals surface area contributed by atoms with E-state index < -0.39 is 15.4 Å². The van der Waals surface area contributed by atoms with Gasteiger partial charge in [-0.15, -0.1) is 11.3 Å². The van der Waals surface area contributed by atoms with Crippen LogP contribution in [0, 0.1) is 24.7 Å². The molecule has 0 bridgehead atoms. The second kappa shape index (κ2) is 12.3. The van der Waals surface area contributed by atoms with E-state index in [9.17, 15) is 13.2 Å². The van der Waals surface area contributed by atoms with Gasteiger partial charge in [-0.05, 0) is 62.8 Å². The Labute approximate surface area is 238 Å². The molecule has 1 radical (unpaired) electrons. The van der Waals surface area contributed by atoms with Gasteiger partial charge >= 0.3 is 0 Å². The summed E-state index contributed by atoms with van der Waals surface area (Å²) < 4.78 is 28.9. The zero-order chi connectivity index (χ0) is 27.7. The highest BCUT2D eigenvalue weighted by Gasteiger charge is 2.42. The maximum Gasteiger partial charge on any atom is 0.245 e. The predicted octanol–water partition coefficient (Wildman–Crippen LogP) is 5.26. The number of carbonyl (C=O) groups excluding carboxylic acids is 1. The van der Waals surface area contributed by atoms with Crippen LogP contribution >= 0.6 is 11.3 Å². The standard InChI is InChI=1S/C29H39N4O3S2.H3N.H2/c1-6-31-16-23(30)11-12-24(29(4,5)28(34)21-9-10-21)26-15-22(20(3)37-26)18-33-17-19(2)14-25-27(38(33,35)36)8-7-13-32-25;;/h7-10,13,15-16,19,24,31H,6,11-12,14,17-18,30H2,1-5H3;1H3;1H/b23-16-;;/t19-,24+;;/m0../s1. The third kappa shape index (κ3) is 6.80. The molecule has 4 rings (SSSR count).